The lowest BCUT2D eigenvalue weighted by molar-refractivity contribution is -0.142. The van der Waals surface area contributed by atoms with Gasteiger partial charge in [0.2, 0.25) is 0 Å². The molecule has 110 valence electrons. The fourth-order valence-electron chi connectivity index (χ4n) is 2.32. The summed E-state index contributed by atoms with van der Waals surface area (Å²) in [6.45, 7) is 0.905. The van der Waals surface area contributed by atoms with E-state index >= 15 is 0 Å². The zero-order valence-electron chi connectivity index (χ0n) is 11.3. The SMILES string of the molecule is O=C(O)COCCNC(=O)NCCC1CCCCC1. The number of amides is 2. The van der Waals surface area contributed by atoms with Crippen molar-refractivity contribution in [3.63, 3.8) is 0 Å². The fraction of sp³-hybridized carbons (Fsp3) is 0.846. The van der Waals surface area contributed by atoms with Crippen LogP contribution in [0.1, 0.15) is 38.5 Å². The van der Waals surface area contributed by atoms with E-state index in [0.29, 0.717) is 13.1 Å². The average molecular weight is 272 g/mol. The van der Waals surface area contributed by atoms with E-state index in [1.165, 1.54) is 32.1 Å². The monoisotopic (exact) mass is 272 g/mol. The average Bonchev–Trinajstić information content (AvgIpc) is 2.39. The van der Waals surface area contributed by atoms with Crippen molar-refractivity contribution in [3.8, 4) is 0 Å². The van der Waals surface area contributed by atoms with Crippen LogP contribution in [0.5, 0.6) is 0 Å². The van der Waals surface area contributed by atoms with Crippen molar-refractivity contribution in [2.45, 2.75) is 38.5 Å². The number of hydrogen-bond donors (Lipinski definition) is 3. The quantitative estimate of drug-likeness (QED) is 0.582. The number of carbonyl (C=O) groups is 2. The maximum Gasteiger partial charge on any atom is 0.329 e. The third kappa shape index (κ3) is 8.42. The van der Waals surface area contributed by atoms with Gasteiger partial charge < -0.3 is 20.5 Å². The molecule has 1 saturated carbocycles. The highest BCUT2D eigenvalue weighted by molar-refractivity contribution is 5.73. The lowest BCUT2D eigenvalue weighted by atomic mass is 9.87. The first-order chi connectivity index (χ1) is 9.18. The van der Waals surface area contributed by atoms with Gasteiger partial charge in [0.05, 0.1) is 6.61 Å². The van der Waals surface area contributed by atoms with Crippen molar-refractivity contribution in [1.29, 1.82) is 0 Å². The summed E-state index contributed by atoms with van der Waals surface area (Å²) in [5.41, 5.74) is 0. The second kappa shape index (κ2) is 9.61. The van der Waals surface area contributed by atoms with Crippen molar-refractivity contribution >= 4 is 12.0 Å². The Morgan fingerprint density at radius 1 is 1.11 bits per heavy atom. The summed E-state index contributed by atoms with van der Waals surface area (Å²) in [5.74, 6) is -0.245. The van der Waals surface area contributed by atoms with E-state index in [9.17, 15) is 9.59 Å². The Labute approximate surface area is 113 Å². The van der Waals surface area contributed by atoms with Crippen LogP contribution in [0.4, 0.5) is 4.79 Å². The Kier molecular flexibility index (Phi) is 7.97. The molecule has 0 aromatic rings. The number of hydrogen-bond acceptors (Lipinski definition) is 3. The van der Waals surface area contributed by atoms with E-state index in [1.54, 1.807) is 0 Å². The number of carbonyl (C=O) groups excluding carboxylic acids is 1. The molecule has 1 rings (SSSR count). The Morgan fingerprint density at radius 3 is 2.47 bits per heavy atom. The van der Waals surface area contributed by atoms with Gasteiger partial charge in [-0.05, 0) is 12.3 Å². The molecule has 1 aliphatic rings. The molecule has 0 aliphatic heterocycles. The van der Waals surface area contributed by atoms with Crippen LogP contribution in [0.25, 0.3) is 0 Å². The van der Waals surface area contributed by atoms with Gasteiger partial charge in [-0.2, -0.15) is 0 Å². The normalized spacial score (nSPS) is 16.0. The lowest BCUT2D eigenvalue weighted by Gasteiger charge is -2.21. The minimum Gasteiger partial charge on any atom is -0.480 e. The van der Waals surface area contributed by atoms with Gasteiger partial charge in [-0.1, -0.05) is 32.1 Å². The lowest BCUT2D eigenvalue weighted by Crippen LogP contribution is -2.38. The number of rotatable bonds is 8. The molecule has 0 radical (unpaired) electrons. The number of ether oxygens (including phenoxy) is 1. The third-order valence-electron chi connectivity index (χ3n) is 3.32. The van der Waals surface area contributed by atoms with Crippen LogP contribution in [-0.4, -0.2) is 43.4 Å². The van der Waals surface area contributed by atoms with Crippen LogP contribution < -0.4 is 10.6 Å². The molecular formula is C13H24N2O4. The van der Waals surface area contributed by atoms with E-state index in [2.05, 4.69) is 10.6 Å². The fourth-order valence-corrected chi connectivity index (χ4v) is 2.32. The molecule has 3 N–H and O–H groups in total. The minimum atomic E-state index is -1.00. The Balaban J connectivity index is 1.91. The second-order valence-electron chi connectivity index (χ2n) is 4.92. The number of carboxylic acid groups (broad SMARTS) is 1. The Morgan fingerprint density at radius 2 is 1.79 bits per heavy atom. The molecule has 0 bridgehead atoms. The molecule has 2 amide bonds. The standard InChI is InChI=1S/C13H24N2O4/c16-12(17)10-19-9-8-15-13(18)14-7-6-11-4-2-1-3-5-11/h11H,1-10H2,(H,16,17)(H2,14,15,18). The molecule has 0 saturated heterocycles. The zero-order chi connectivity index (χ0) is 13.9. The van der Waals surface area contributed by atoms with E-state index in [0.717, 1.165) is 12.3 Å². The number of urea groups is 1. The minimum absolute atomic E-state index is 0.211. The van der Waals surface area contributed by atoms with Crippen LogP contribution in [0.15, 0.2) is 0 Å². The summed E-state index contributed by atoms with van der Waals surface area (Å²) in [4.78, 5) is 21.6. The third-order valence-corrected chi connectivity index (χ3v) is 3.32. The number of nitrogens with one attached hydrogen (secondary N) is 2. The van der Waals surface area contributed by atoms with Gasteiger partial charge in [0, 0.05) is 13.1 Å². The first kappa shape index (κ1) is 15.8. The molecule has 0 atom stereocenters. The van der Waals surface area contributed by atoms with E-state index in [4.69, 9.17) is 9.84 Å². The summed E-state index contributed by atoms with van der Waals surface area (Å²) in [7, 11) is 0. The zero-order valence-corrected chi connectivity index (χ0v) is 11.3. The van der Waals surface area contributed by atoms with Gasteiger partial charge in [0.15, 0.2) is 0 Å². The predicted molar refractivity (Wildman–Crippen MR) is 71.0 cm³/mol. The molecule has 6 heteroatoms. The van der Waals surface area contributed by atoms with Crippen molar-refractivity contribution < 1.29 is 19.4 Å². The molecule has 6 nitrogen and oxygen atoms in total. The first-order valence-electron chi connectivity index (χ1n) is 6.99. The molecule has 1 fully saturated rings. The summed E-state index contributed by atoms with van der Waals surface area (Å²) in [6.07, 6.45) is 7.60. The maximum absolute atomic E-state index is 11.4. The number of aliphatic carboxylic acids is 1. The molecule has 1 aliphatic carbocycles. The van der Waals surface area contributed by atoms with E-state index in [-0.39, 0.29) is 19.2 Å². The molecular weight excluding hydrogens is 248 g/mol. The summed E-state index contributed by atoms with van der Waals surface area (Å²) in [5, 5.41) is 13.8. The predicted octanol–water partition coefficient (Wildman–Crippen LogP) is 1.36. The van der Waals surface area contributed by atoms with Crippen molar-refractivity contribution in [2.24, 2.45) is 5.92 Å². The van der Waals surface area contributed by atoms with Crippen LogP contribution in [0.3, 0.4) is 0 Å². The van der Waals surface area contributed by atoms with Gasteiger partial charge in [-0.25, -0.2) is 9.59 Å². The summed E-state index contributed by atoms with van der Waals surface area (Å²) < 4.78 is 4.80. The van der Waals surface area contributed by atoms with Crippen LogP contribution in [0, 0.1) is 5.92 Å². The van der Waals surface area contributed by atoms with Crippen LogP contribution >= 0.6 is 0 Å². The van der Waals surface area contributed by atoms with E-state index in [1.807, 2.05) is 0 Å². The van der Waals surface area contributed by atoms with Crippen LogP contribution in [-0.2, 0) is 9.53 Å². The van der Waals surface area contributed by atoms with Crippen LogP contribution in [0.2, 0.25) is 0 Å². The molecule has 0 unspecified atom stereocenters. The first-order valence-corrected chi connectivity index (χ1v) is 6.99. The van der Waals surface area contributed by atoms with Crippen molar-refractivity contribution in [3.05, 3.63) is 0 Å². The highest BCUT2D eigenvalue weighted by Gasteiger charge is 2.13. The van der Waals surface area contributed by atoms with Crippen molar-refractivity contribution in [2.75, 3.05) is 26.3 Å². The molecule has 0 spiro atoms. The summed E-state index contributed by atoms with van der Waals surface area (Å²) >= 11 is 0. The van der Waals surface area contributed by atoms with Gasteiger partial charge >= 0.3 is 12.0 Å². The van der Waals surface area contributed by atoms with Gasteiger partial charge in [-0.15, -0.1) is 0 Å². The van der Waals surface area contributed by atoms with Gasteiger partial charge in [-0.3, -0.25) is 0 Å². The molecule has 0 aromatic heterocycles. The summed E-state index contributed by atoms with van der Waals surface area (Å²) in [6, 6.07) is -0.213. The van der Waals surface area contributed by atoms with Crippen molar-refractivity contribution in [1.82, 2.24) is 10.6 Å². The maximum atomic E-state index is 11.4. The van der Waals surface area contributed by atoms with E-state index < -0.39 is 5.97 Å². The highest BCUT2D eigenvalue weighted by Crippen LogP contribution is 2.25. The highest BCUT2D eigenvalue weighted by atomic mass is 16.5. The smallest absolute Gasteiger partial charge is 0.329 e. The van der Waals surface area contributed by atoms with Gasteiger partial charge in [0.25, 0.3) is 0 Å². The Hall–Kier alpha value is -1.30. The molecule has 0 aromatic carbocycles. The Bertz CT molecular complexity index is 278. The molecule has 19 heavy (non-hydrogen) atoms. The molecule has 0 heterocycles. The number of carboxylic acids is 1. The largest absolute Gasteiger partial charge is 0.480 e. The second-order valence-corrected chi connectivity index (χ2v) is 4.92. The van der Waals surface area contributed by atoms with Gasteiger partial charge in [0.1, 0.15) is 6.61 Å². The topological polar surface area (TPSA) is 87.7 Å².